The molecular weight excluding hydrogens is 344 g/mol. The lowest BCUT2D eigenvalue weighted by atomic mass is 9.95. The van der Waals surface area contributed by atoms with Crippen LogP contribution >= 0.6 is 0 Å². The molecule has 1 heterocycles. The van der Waals surface area contributed by atoms with Crippen molar-refractivity contribution in [1.82, 2.24) is 10.2 Å². The lowest BCUT2D eigenvalue weighted by Gasteiger charge is -2.30. The van der Waals surface area contributed by atoms with E-state index in [9.17, 15) is 14.7 Å². The largest absolute Gasteiger partial charge is 0.394 e. The highest BCUT2D eigenvalue weighted by Crippen LogP contribution is 2.44. The number of morpholine rings is 1. The number of aliphatic hydroxyl groups is 1. The zero-order valence-corrected chi connectivity index (χ0v) is 14.9. The fourth-order valence-electron chi connectivity index (χ4n) is 3.88. The predicted molar refractivity (Wildman–Crippen MR) is 100 cm³/mol. The van der Waals surface area contributed by atoms with Gasteiger partial charge in [0.15, 0.2) is 0 Å². The van der Waals surface area contributed by atoms with Crippen LogP contribution in [-0.2, 0) is 14.3 Å². The summed E-state index contributed by atoms with van der Waals surface area (Å²) in [5.74, 6) is -1.02. The van der Waals surface area contributed by atoms with Gasteiger partial charge in [-0.05, 0) is 22.3 Å². The number of hydrogen-bond acceptors (Lipinski definition) is 4. The average molecular weight is 366 g/mol. The molecule has 140 valence electrons. The molecule has 1 unspecified atom stereocenters. The highest BCUT2D eigenvalue weighted by molar-refractivity contribution is 5.98. The molecule has 1 atom stereocenters. The van der Waals surface area contributed by atoms with E-state index >= 15 is 0 Å². The van der Waals surface area contributed by atoms with Crippen molar-refractivity contribution in [3.8, 4) is 11.1 Å². The Morgan fingerprint density at radius 3 is 2.15 bits per heavy atom. The minimum Gasteiger partial charge on any atom is -0.394 e. The Kier molecular flexibility index (Phi) is 4.92. The molecule has 2 amide bonds. The van der Waals surface area contributed by atoms with Gasteiger partial charge in [0.1, 0.15) is 6.04 Å². The number of ether oxygens (including phenoxy) is 1. The molecule has 0 bridgehead atoms. The van der Waals surface area contributed by atoms with E-state index < -0.39 is 18.6 Å². The van der Waals surface area contributed by atoms with Gasteiger partial charge in [-0.15, -0.1) is 0 Å². The number of amides is 2. The molecule has 6 nitrogen and oxygen atoms in total. The Labute approximate surface area is 157 Å². The quantitative estimate of drug-likeness (QED) is 0.850. The first kappa shape index (κ1) is 17.7. The zero-order chi connectivity index (χ0) is 18.8. The monoisotopic (exact) mass is 366 g/mol. The summed E-state index contributed by atoms with van der Waals surface area (Å²) in [5, 5.41) is 12.5. The summed E-state index contributed by atoms with van der Waals surface area (Å²) >= 11 is 0. The van der Waals surface area contributed by atoms with Crippen molar-refractivity contribution in [1.29, 1.82) is 0 Å². The van der Waals surface area contributed by atoms with Crippen LogP contribution in [-0.4, -0.2) is 60.8 Å². The summed E-state index contributed by atoms with van der Waals surface area (Å²) in [6.07, 6.45) is 0. The molecule has 0 spiro atoms. The Balaban J connectivity index is 1.58. The highest BCUT2D eigenvalue weighted by Gasteiger charge is 2.36. The van der Waals surface area contributed by atoms with Crippen LogP contribution in [0, 0.1) is 0 Å². The molecule has 1 aliphatic heterocycles. The molecule has 1 aliphatic carbocycles. The number of nitrogens with zero attached hydrogens (tertiary/aromatic N) is 1. The molecule has 2 aliphatic rings. The first-order chi connectivity index (χ1) is 13.2. The van der Waals surface area contributed by atoms with Crippen molar-refractivity contribution in [2.75, 3.05) is 32.9 Å². The fourth-order valence-corrected chi connectivity index (χ4v) is 3.88. The molecule has 27 heavy (non-hydrogen) atoms. The third-order valence-electron chi connectivity index (χ3n) is 5.22. The molecule has 2 N–H and O–H groups in total. The van der Waals surface area contributed by atoms with Crippen molar-refractivity contribution < 1.29 is 19.4 Å². The lowest BCUT2D eigenvalue weighted by Crippen LogP contribution is -2.54. The van der Waals surface area contributed by atoms with Crippen LogP contribution in [0.4, 0.5) is 0 Å². The predicted octanol–water partition coefficient (Wildman–Crippen LogP) is 1.13. The second-order valence-corrected chi connectivity index (χ2v) is 6.79. The van der Waals surface area contributed by atoms with Gasteiger partial charge < -0.3 is 20.1 Å². The molecule has 1 saturated heterocycles. The first-order valence-corrected chi connectivity index (χ1v) is 9.16. The van der Waals surface area contributed by atoms with E-state index in [1.54, 1.807) is 4.90 Å². The molecule has 2 aromatic rings. The van der Waals surface area contributed by atoms with Gasteiger partial charge in [0.2, 0.25) is 11.8 Å². The maximum Gasteiger partial charge on any atom is 0.247 e. The van der Waals surface area contributed by atoms with Crippen LogP contribution in [0.15, 0.2) is 48.5 Å². The summed E-state index contributed by atoms with van der Waals surface area (Å²) in [4.78, 5) is 27.4. The van der Waals surface area contributed by atoms with Crippen molar-refractivity contribution in [2.24, 2.45) is 0 Å². The normalized spacial score (nSPS) is 17.1. The second kappa shape index (κ2) is 7.50. The zero-order valence-electron chi connectivity index (χ0n) is 14.9. The number of carbonyl (C=O) groups excluding carboxylic acids is 2. The highest BCUT2D eigenvalue weighted by atomic mass is 16.5. The summed E-state index contributed by atoms with van der Waals surface area (Å²) in [6.45, 7) is 1.46. The summed E-state index contributed by atoms with van der Waals surface area (Å²) in [6, 6.07) is 14.7. The Bertz CT molecular complexity index is 815. The van der Waals surface area contributed by atoms with Gasteiger partial charge in [-0.3, -0.25) is 9.59 Å². The average Bonchev–Trinajstić information content (AvgIpc) is 3.06. The third-order valence-corrected chi connectivity index (χ3v) is 5.22. The van der Waals surface area contributed by atoms with Gasteiger partial charge in [0.25, 0.3) is 0 Å². The van der Waals surface area contributed by atoms with Crippen LogP contribution in [0.2, 0.25) is 0 Å². The maximum atomic E-state index is 13.1. The number of nitrogens with one attached hydrogen (secondary N) is 1. The van der Waals surface area contributed by atoms with Crippen LogP contribution in [0.3, 0.4) is 0 Å². The number of fused-ring (bicyclic) bond motifs is 3. The summed E-state index contributed by atoms with van der Waals surface area (Å²) < 4.78 is 5.26. The third kappa shape index (κ3) is 3.22. The standard InChI is InChI=1S/C21H22N2O4/c24-13-18(21(26)23-9-11-27-12-10-23)22-20(25)19-16-7-3-1-5-14(16)15-6-2-4-8-17(15)19/h1-8,18-19,24H,9-13H2,(H,22,25). The van der Waals surface area contributed by atoms with E-state index in [0.29, 0.717) is 26.3 Å². The van der Waals surface area contributed by atoms with Gasteiger partial charge in [0.05, 0.1) is 25.7 Å². The molecule has 0 radical (unpaired) electrons. The Morgan fingerprint density at radius 1 is 1.04 bits per heavy atom. The van der Waals surface area contributed by atoms with Crippen molar-refractivity contribution >= 4 is 11.8 Å². The van der Waals surface area contributed by atoms with Crippen LogP contribution in [0.25, 0.3) is 11.1 Å². The van der Waals surface area contributed by atoms with E-state index in [0.717, 1.165) is 22.3 Å². The first-order valence-electron chi connectivity index (χ1n) is 9.16. The molecule has 2 aromatic carbocycles. The SMILES string of the molecule is O=C(NC(CO)C(=O)N1CCOCC1)C1c2ccccc2-c2ccccc21. The minimum absolute atomic E-state index is 0.270. The van der Waals surface area contributed by atoms with Gasteiger partial charge >= 0.3 is 0 Å². The summed E-state index contributed by atoms with van der Waals surface area (Å²) in [7, 11) is 0. The molecular formula is C21H22N2O4. The second-order valence-electron chi connectivity index (χ2n) is 6.79. The maximum absolute atomic E-state index is 13.1. The molecule has 0 aromatic heterocycles. The van der Waals surface area contributed by atoms with E-state index in [-0.39, 0.29) is 11.8 Å². The molecule has 1 fully saturated rings. The van der Waals surface area contributed by atoms with Crippen LogP contribution in [0.1, 0.15) is 17.0 Å². The molecule has 0 saturated carbocycles. The van der Waals surface area contributed by atoms with Gasteiger partial charge in [-0.1, -0.05) is 48.5 Å². The minimum atomic E-state index is -0.949. The smallest absolute Gasteiger partial charge is 0.247 e. The van der Waals surface area contributed by atoms with Crippen molar-refractivity contribution in [2.45, 2.75) is 12.0 Å². The number of aliphatic hydroxyl groups excluding tert-OH is 1. The number of carbonyl (C=O) groups is 2. The van der Waals surface area contributed by atoms with Crippen molar-refractivity contribution in [3.63, 3.8) is 0 Å². The van der Waals surface area contributed by atoms with E-state index in [2.05, 4.69) is 5.32 Å². The van der Waals surface area contributed by atoms with E-state index in [4.69, 9.17) is 4.74 Å². The van der Waals surface area contributed by atoms with Crippen molar-refractivity contribution in [3.05, 3.63) is 59.7 Å². The van der Waals surface area contributed by atoms with Gasteiger partial charge in [-0.2, -0.15) is 0 Å². The fraction of sp³-hybridized carbons (Fsp3) is 0.333. The topological polar surface area (TPSA) is 78.9 Å². The Hall–Kier alpha value is -2.70. The number of rotatable bonds is 4. The summed E-state index contributed by atoms with van der Waals surface area (Å²) in [5.41, 5.74) is 3.92. The Morgan fingerprint density at radius 2 is 1.59 bits per heavy atom. The number of hydrogen-bond donors (Lipinski definition) is 2. The van der Waals surface area contributed by atoms with E-state index in [1.807, 2.05) is 48.5 Å². The van der Waals surface area contributed by atoms with Crippen LogP contribution in [0.5, 0.6) is 0 Å². The number of benzene rings is 2. The molecule has 6 heteroatoms. The van der Waals surface area contributed by atoms with Gasteiger partial charge in [-0.25, -0.2) is 0 Å². The van der Waals surface area contributed by atoms with Gasteiger partial charge in [0, 0.05) is 13.1 Å². The molecule has 4 rings (SSSR count). The van der Waals surface area contributed by atoms with E-state index in [1.165, 1.54) is 0 Å². The van der Waals surface area contributed by atoms with Crippen LogP contribution < -0.4 is 5.32 Å². The lowest BCUT2D eigenvalue weighted by molar-refractivity contribution is -0.141.